The van der Waals surface area contributed by atoms with Gasteiger partial charge in [-0.2, -0.15) is 0 Å². The number of halogens is 2. The molecule has 0 fully saturated rings. The number of likely N-dealkylation sites (N-methyl/N-ethyl adjacent to an activating group) is 1. The molecule has 1 heterocycles. The molecule has 0 bridgehead atoms. The van der Waals surface area contributed by atoms with Crippen LogP contribution in [-0.4, -0.2) is 13.0 Å². The van der Waals surface area contributed by atoms with E-state index in [0.29, 0.717) is 5.02 Å². The average molecular weight is 233 g/mol. The van der Waals surface area contributed by atoms with Crippen molar-refractivity contribution in [2.24, 2.45) is 5.73 Å². The highest BCUT2D eigenvalue weighted by atomic mass is 35.5. The minimum atomic E-state index is -0.557. The summed E-state index contributed by atoms with van der Waals surface area (Å²) in [6.45, 7) is 0. The second-order valence-corrected chi connectivity index (χ2v) is 3.51. The molecule has 3 nitrogen and oxygen atoms in total. The van der Waals surface area contributed by atoms with Gasteiger partial charge in [0.25, 0.3) is 0 Å². The van der Waals surface area contributed by atoms with Gasteiger partial charge in [-0.05, 0) is 18.2 Å². The summed E-state index contributed by atoms with van der Waals surface area (Å²) in [5, 5.41) is 0.609. The Balaban J connectivity index is 0.000000980. The van der Waals surface area contributed by atoms with Gasteiger partial charge in [-0.25, -0.2) is 0 Å². The third kappa shape index (κ3) is 1.47. The van der Waals surface area contributed by atoms with Crippen LogP contribution in [0.4, 0.5) is 5.69 Å². The molecular formula is C9H10Cl2N2O. The molecule has 2 N–H and O–H groups in total. The number of nitrogens with zero attached hydrogens (tertiary/aromatic N) is 1. The van der Waals surface area contributed by atoms with Crippen LogP contribution in [0.15, 0.2) is 18.2 Å². The molecule has 0 saturated heterocycles. The number of amides is 1. The molecule has 5 heteroatoms. The number of hydrogen-bond acceptors (Lipinski definition) is 2. The quantitative estimate of drug-likeness (QED) is 0.741. The zero-order valence-corrected chi connectivity index (χ0v) is 9.10. The fourth-order valence-electron chi connectivity index (χ4n) is 1.54. The fourth-order valence-corrected chi connectivity index (χ4v) is 1.72. The Morgan fingerprint density at radius 1 is 1.50 bits per heavy atom. The molecule has 1 atom stereocenters. The molecule has 0 radical (unpaired) electrons. The molecule has 0 spiro atoms. The molecular weight excluding hydrogens is 223 g/mol. The molecule has 0 aromatic heterocycles. The maximum absolute atomic E-state index is 11.4. The first kappa shape index (κ1) is 11.3. The van der Waals surface area contributed by atoms with Crippen molar-refractivity contribution >= 4 is 35.6 Å². The number of benzene rings is 1. The minimum Gasteiger partial charge on any atom is -0.316 e. The third-order valence-electron chi connectivity index (χ3n) is 2.28. The number of anilines is 1. The van der Waals surface area contributed by atoms with E-state index >= 15 is 0 Å². The SMILES string of the molecule is CN1C(=O)C(N)c2cc(Cl)ccc21.Cl. The number of carbonyl (C=O) groups excluding carboxylic acids is 1. The minimum absolute atomic E-state index is 0. The van der Waals surface area contributed by atoms with E-state index in [0.717, 1.165) is 11.3 Å². The predicted octanol–water partition coefficient (Wildman–Crippen LogP) is 1.74. The summed E-state index contributed by atoms with van der Waals surface area (Å²) in [5.74, 6) is -0.0859. The normalized spacial score (nSPS) is 19.2. The molecule has 76 valence electrons. The molecule has 1 aliphatic rings. The molecule has 14 heavy (non-hydrogen) atoms. The van der Waals surface area contributed by atoms with Crippen molar-refractivity contribution in [1.29, 1.82) is 0 Å². The van der Waals surface area contributed by atoms with E-state index in [1.807, 2.05) is 6.07 Å². The van der Waals surface area contributed by atoms with Gasteiger partial charge in [0.2, 0.25) is 5.91 Å². The van der Waals surface area contributed by atoms with Crippen LogP contribution in [-0.2, 0) is 4.79 Å². The lowest BCUT2D eigenvalue weighted by Crippen LogP contribution is -2.27. The first-order valence-corrected chi connectivity index (χ1v) is 4.31. The second-order valence-electron chi connectivity index (χ2n) is 3.08. The van der Waals surface area contributed by atoms with Crippen molar-refractivity contribution in [3.05, 3.63) is 28.8 Å². The van der Waals surface area contributed by atoms with Crippen LogP contribution in [0, 0.1) is 0 Å². The van der Waals surface area contributed by atoms with Crippen molar-refractivity contribution in [2.75, 3.05) is 11.9 Å². The molecule has 1 aliphatic heterocycles. The predicted molar refractivity (Wildman–Crippen MR) is 59.0 cm³/mol. The summed E-state index contributed by atoms with van der Waals surface area (Å²) in [4.78, 5) is 13.0. The van der Waals surface area contributed by atoms with Crippen molar-refractivity contribution in [1.82, 2.24) is 0 Å². The topological polar surface area (TPSA) is 46.3 Å². The second kappa shape index (κ2) is 3.77. The molecule has 2 rings (SSSR count). The highest BCUT2D eigenvalue weighted by Crippen LogP contribution is 2.34. The first-order valence-electron chi connectivity index (χ1n) is 3.94. The van der Waals surface area contributed by atoms with Crippen LogP contribution in [0.3, 0.4) is 0 Å². The lowest BCUT2D eigenvalue weighted by molar-refractivity contribution is -0.118. The number of nitrogens with two attached hydrogens (primary N) is 1. The number of fused-ring (bicyclic) bond motifs is 1. The van der Waals surface area contributed by atoms with Crippen molar-refractivity contribution in [3.63, 3.8) is 0 Å². The monoisotopic (exact) mass is 232 g/mol. The number of rotatable bonds is 0. The van der Waals surface area contributed by atoms with Gasteiger partial charge in [0.1, 0.15) is 6.04 Å². The Kier molecular flexibility index (Phi) is 3.04. The Labute approximate surface area is 93.2 Å². The summed E-state index contributed by atoms with van der Waals surface area (Å²) in [6, 6.07) is 4.74. The lowest BCUT2D eigenvalue weighted by atomic mass is 10.1. The van der Waals surface area contributed by atoms with Crippen LogP contribution in [0.25, 0.3) is 0 Å². The summed E-state index contributed by atoms with van der Waals surface area (Å²) in [5.41, 5.74) is 7.35. The van der Waals surface area contributed by atoms with Crippen molar-refractivity contribution < 1.29 is 4.79 Å². The van der Waals surface area contributed by atoms with E-state index in [2.05, 4.69) is 0 Å². The van der Waals surface area contributed by atoms with Gasteiger partial charge >= 0.3 is 0 Å². The number of carbonyl (C=O) groups is 1. The van der Waals surface area contributed by atoms with E-state index in [1.54, 1.807) is 24.1 Å². The maximum Gasteiger partial charge on any atom is 0.248 e. The van der Waals surface area contributed by atoms with Crippen molar-refractivity contribution in [3.8, 4) is 0 Å². The van der Waals surface area contributed by atoms with Gasteiger partial charge < -0.3 is 10.6 Å². The van der Waals surface area contributed by atoms with Crippen LogP contribution in [0.1, 0.15) is 11.6 Å². The summed E-state index contributed by atoms with van der Waals surface area (Å²) >= 11 is 5.80. The van der Waals surface area contributed by atoms with E-state index in [4.69, 9.17) is 17.3 Å². The molecule has 0 saturated carbocycles. The van der Waals surface area contributed by atoms with Gasteiger partial charge in [0.05, 0.1) is 0 Å². The van der Waals surface area contributed by atoms with E-state index < -0.39 is 6.04 Å². The molecule has 0 aliphatic carbocycles. The molecule has 1 aromatic carbocycles. The first-order chi connectivity index (χ1) is 6.11. The fraction of sp³-hybridized carbons (Fsp3) is 0.222. The van der Waals surface area contributed by atoms with Gasteiger partial charge in [-0.1, -0.05) is 11.6 Å². The van der Waals surface area contributed by atoms with E-state index in [-0.39, 0.29) is 18.3 Å². The zero-order chi connectivity index (χ0) is 9.59. The molecule has 1 aromatic rings. The Morgan fingerprint density at radius 3 is 2.79 bits per heavy atom. The largest absolute Gasteiger partial charge is 0.316 e. The van der Waals surface area contributed by atoms with E-state index in [1.165, 1.54) is 0 Å². The smallest absolute Gasteiger partial charge is 0.248 e. The van der Waals surface area contributed by atoms with Gasteiger partial charge in [-0.3, -0.25) is 4.79 Å². The summed E-state index contributed by atoms with van der Waals surface area (Å²) in [7, 11) is 1.71. The van der Waals surface area contributed by atoms with Gasteiger partial charge in [0.15, 0.2) is 0 Å². The standard InChI is InChI=1S/C9H9ClN2O.ClH/c1-12-7-3-2-5(10)4-6(7)8(11)9(12)13;/h2-4,8H,11H2,1H3;1H. The number of hydrogen-bond donors (Lipinski definition) is 1. The zero-order valence-electron chi connectivity index (χ0n) is 7.53. The summed E-state index contributed by atoms with van der Waals surface area (Å²) < 4.78 is 0. The Bertz CT molecular complexity index is 381. The lowest BCUT2D eigenvalue weighted by Gasteiger charge is -2.08. The average Bonchev–Trinajstić information content (AvgIpc) is 2.32. The highest BCUT2D eigenvalue weighted by molar-refractivity contribution is 6.31. The maximum atomic E-state index is 11.4. The Morgan fingerprint density at radius 2 is 2.14 bits per heavy atom. The summed E-state index contributed by atoms with van der Waals surface area (Å²) in [6.07, 6.45) is 0. The van der Waals surface area contributed by atoms with Gasteiger partial charge in [-0.15, -0.1) is 12.4 Å². The van der Waals surface area contributed by atoms with Crippen LogP contribution < -0.4 is 10.6 Å². The third-order valence-corrected chi connectivity index (χ3v) is 2.52. The van der Waals surface area contributed by atoms with Gasteiger partial charge in [0, 0.05) is 23.3 Å². The van der Waals surface area contributed by atoms with Crippen LogP contribution >= 0.6 is 24.0 Å². The highest BCUT2D eigenvalue weighted by Gasteiger charge is 2.32. The van der Waals surface area contributed by atoms with Crippen LogP contribution in [0.2, 0.25) is 5.02 Å². The molecule has 1 unspecified atom stereocenters. The molecule has 1 amide bonds. The Hall–Kier alpha value is -0.770. The van der Waals surface area contributed by atoms with Crippen molar-refractivity contribution in [2.45, 2.75) is 6.04 Å². The van der Waals surface area contributed by atoms with Crippen LogP contribution in [0.5, 0.6) is 0 Å². The van der Waals surface area contributed by atoms with E-state index in [9.17, 15) is 4.79 Å².